The molecule has 2 aromatic carbocycles. The molecule has 0 saturated carbocycles. The summed E-state index contributed by atoms with van der Waals surface area (Å²) in [5.74, 6) is 1.74. The van der Waals surface area contributed by atoms with Crippen LogP contribution < -0.4 is 10.1 Å². The summed E-state index contributed by atoms with van der Waals surface area (Å²) < 4.78 is 7.56. The van der Waals surface area contributed by atoms with Gasteiger partial charge in [-0.1, -0.05) is 23.8 Å². The summed E-state index contributed by atoms with van der Waals surface area (Å²) in [6, 6.07) is 12.2. The van der Waals surface area contributed by atoms with Crippen molar-refractivity contribution in [2.75, 3.05) is 11.9 Å². The zero-order valence-electron chi connectivity index (χ0n) is 20.3. The fraction of sp³-hybridized carbons (Fsp3) is 0.296. The Balaban J connectivity index is 1.61. The summed E-state index contributed by atoms with van der Waals surface area (Å²) >= 11 is 0. The Bertz CT molecular complexity index is 1390. The van der Waals surface area contributed by atoms with Gasteiger partial charge in [0.15, 0.2) is 12.4 Å². The molecule has 0 unspecified atom stereocenters. The van der Waals surface area contributed by atoms with Gasteiger partial charge in [-0.2, -0.15) is 9.78 Å². The van der Waals surface area contributed by atoms with E-state index in [0.717, 1.165) is 50.2 Å². The lowest BCUT2D eigenvalue weighted by Crippen LogP contribution is -2.22. The van der Waals surface area contributed by atoms with E-state index in [2.05, 4.69) is 49.4 Å². The Morgan fingerprint density at radius 2 is 1.64 bits per heavy atom. The Morgan fingerprint density at radius 3 is 2.39 bits per heavy atom. The number of nitrogens with one attached hydrogen (secondary N) is 1. The number of aromatic nitrogens is 3. The van der Waals surface area contributed by atoms with E-state index in [1.165, 1.54) is 5.56 Å². The maximum absolute atomic E-state index is 12.8. The van der Waals surface area contributed by atoms with Crippen molar-refractivity contribution in [1.29, 1.82) is 0 Å². The Hall–Kier alpha value is -3.67. The zero-order valence-corrected chi connectivity index (χ0v) is 20.3. The van der Waals surface area contributed by atoms with Crippen molar-refractivity contribution >= 4 is 22.6 Å². The number of fused-ring (bicyclic) bond motifs is 1. The molecule has 6 nitrogen and oxygen atoms in total. The molecule has 0 saturated heterocycles. The van der Waals surface area contributed by atoms with E-state index in [1.807, 2.05) is 45.9 Å². The fourth-order valence-corrected chi connectivity index (χ4v) is 4.16. The summed E-state index contributed by atoms with van der Waals surface area (Å²) in [5.41, 5.74) is 8.35. The number of carbonyl (C=O) groups is 1. The van der Waals surface area contributed by atoms with E-state index in [9.17, 15) is 4.79 Å². The molecule has 2 heterocycles. The molecule has 33 heavy (non-hydrogen) atoms. The van der Waals surface area contributed by atoms with Crippen molar-refractivity contribution in [2.24, 2.45) is 0 Å². The van der Waals surface area contributed by atoms with Gasteiger partial charge in [-0.15, -0.1) is 0 Å². The van der Waals surface area contributed by atoms with Crippen LogP contribution in [0.25, 0.3) is 16.7 Å². The molecule has 0 aliphatic carbocycles. The molecule has 0 fully saturated rings. The van der Waals surface area contributed by atoms with Crippen LogP contribution in [0.4, 0.5) is 5.82 Å². The normalized spacial score (nSPS) is 11.1. The number of benzene rings is 2. The molecule has 170 valence electrons. The number of aryl methyl sites for hydroxylation is 6. The van der Waals surface area contributed by atoms with Gasteiger partial charge in [-0.05, 0) is 88.4 Å². The van der Waals surface area contributed by atoms with Gasteiger partial charge in [0, 0.05) is 11.5 Å². The van der Waals surface area contributed by atoms with Crippen LogP contribution in [0.2, 0.25) is 0 Å². The van der Waals surface area contributed by atoms with E-state index in [0.29, 0.717) is 11.6 Å². The molecule has 6 heteroatoms. The lowest BCUT2D eigenvalue weighted by Gasteiger charge is -2.15. The van der Waals surface area contributed by atoms with Crippen LogP contribution in [-0.2, 0) is 4.79 Å². The Kier molecular flexibility index (Phi) is 5.93. The van der Waals surface area contributed by atoms with Crippen LogP contribution in [0.15, 0.2) is 36.4 Å². The van der Waals surface area contributed by atoms with Crippen LogP contribution >= 0.6 is 0 Å². The predicted molar refractivity (Wildman–Crippen MR) is 133 cm³/mol. The fourth-order valence-electron chi connectivity index (χ4n) is 4.16. The molecular formula is C27H30N4O2. The highest BCUT2D eigenvalue weighted by Gasteiger charge is 2.16. The highest BCUT2D eigenvalue weighted by molar-refractivity contribution is 5.91. The van der Waals surface area contributed by atoms with Gasteiger partial charge < -0.3 is 10.1 Å². The average Bonchev–Trinajstić information content (AvgIpc) is 3.11. The van der Waals surface area contributed by atoms with Crippen LogP contribution in [0.5, 0.6) is 5.75 Å². The topological polar surface area (TPSA) is 69.0 Å². The quantitative estimate of drug-likeness (QED) is 0.437. The third-order valence-electron chi connectivity index (χ3n) is 5.98. The van der Waals surface area contributed by atoms with Crippen LogP contribution in [-0.4, -0.2) is 27.3 Å². The number of hydrogen-bond donors (Lipinski definition) is 1. The first-order chi connectivity index (χ1) is 15.6. The molecule has 0 aliphatic heterocycles. The van der Waals surface area contributed by atoms with Gasteiger partial charge in [-0.3, -0.25) is 4.79 Å². The highest BCUT2D eigenvalue weighted by atomic mass is 16.5. The maximum Gasteiger partial charge on any atom is 0.263 e. The first-order valence-electron chi connectivity index (χ1n) is 11.1. The number of rotatable bonds is 5. The number of hydrogen-bond acceptors (Lipinski definition) is 4. The molecule has 2 aromatic heterocycles. The largest absolute Gasteiger partial charge is 0.483 e. The van der Waals surface area contributed by atoms with Crippen molar-refractivity contribution in [2.45, 2.75) is 48.5 Å². The molecule has 0 aliphatic rings. The Morgan fingerprint density at radius 1 is 0.909 bits per heavy atom. The molecule has 4 aromatic rings. The molecule has 4 rings (SSSR count). The van der Waals surface area contributed by atoms with Crippen molar-refractivity contribution < 1.29 is 9.53 Å². The highest BCUT2D eigenvalue weighted by Crippen LogP contribution is 2.27. The van der Waals surface area contributed by atoms with E-state index >= 15 is 0 Å². The zero-order chi connectivity index (χ0) is 23.9. The lowest BCUT2D eigenvalue weighted by molar-refractivity contribution is -0.118. The third kappa shape index (κ3) is 4.46. The van der Waals surface area contributed by atoms with E-state index in [4.69, 9.17) is 9.72 Å². The summed E-state index contributed by atoms with van der Waals surface area (Å²) in [7, 11) is 0. The van der Waals surface area contributed by atoms with Gasteiger partial charge in [0.1, 0.15) is 11.6 Å². The monoisotopic (exact) mass is 442 g/mol. The second-order valence-electron chi connectivity index (χ2n) is 8.85. The second-order valence-corrected chi connectivity index (χ2v) is 8.85. The van der Waals surface area contributed by atoms with Gasteiger partial charge in [0.05, 0.1) is 11.2 Å². The van der Waals surface area contributed by atoms with Gasteiger partial charge >= 0.3 is 0 Å². The third-order valence-corrected chi connectivity index (χ3v) is 5.98. The molecule has 1 N–H and O–H groups in total. The van der Waals surface area contributed by atoms with Gasteiger partial charge in [-0.25, -0.2) is 4.98 Å². The molecule has 0 radical (unpaired) electrons. The molecule has 0 atom stereocenters. The summed E-state index contributed by atoms with van der Waals surface area (Å²) in [6.45, 7) is 14.1. The minimum atomic E-state index is -0.249. The maximum atomic E-state index is 12.8. The van der Waals surface area contributed by atoms with Gasteiger partial charge in [0.2, 0.25) is 0 Å². The summed E-state index contributed by atoms with van der Waals surface area (Å²) in [5, 5.41) is 8.66. The second kappa shape index (κ2) is 8.70. The van der Waals surface area contributed by atoms with Crippen LogP contribution in [0.3, 0.4) is 0 Å². The minimum Gasteiger partial charge on any atom is -0.483 e. The number of anilines is 1. The van der Waals surface area contributed by atoms with E-state index in [-0.39, 0.29) is 12.5 Å². The molecule has 0 bridgehead atoms. The number of carbonyl (C=O) groups excluding carboxylic acids is 1. The number of nitrogens with zero attached hydrogens (tertiary/aromatic N) is 3. The average molecular weight is 443 g/mol. The lowest BCUT2D eigenvalue weighted by atomic mass is 10.0. The van der Waals surface area contributed by atoms with Crippen molar-refractivity contribution in [3.63, 3.8) is 0 Å². The number of pyridine rings is 1. The molecular weight excluding hydrogens is 412 g/mol. The minimum absolute atomic E-state index is 0.0854. The standard InChI is InChI=1S/C27H30N4O2/c1-15-10-19(5)26-22(11-15)18(4)12-23(29-26)31-24(13-20(6)30-31)28-25(32)14-33-27-17(3)9-8-16(2)21(27)7/h8-13H,14H2,1-7H3,(H,28,32). The predicted octanol–water partition coefficient (Wildman–Crippen LogP) is 5.60. The van der Waals surface area contributed by atoms with E-state index in [1.54, 1.807) is 4.68 Å². The van der Waals surface area contributed by atoms with Gasteiger partial charge in [0.25, 0.3) is 5.91 Å². The van der Waals surface area contributed by atoms with E-state index < -0.39 is 0 Å². The van der Waals surface area contributed by atoms with Crippen LogP contribution in [0.1, 0.15) is 39.1 Å². The molecule has 1 amide bonds. The van der Waals surface area contributed by atoms with Crippen molar-refractivity contribution in [3.05, 3.63) is 75.5 Å². The Labute approximate surface area is 194 Å². The first kappa shape index (κ1) is 22.5. The SMILES string of the molecule is Cc1cc(C)c2nc(-n3nc(C)cc3NC(=O)COc3c(C)ccc(C)c3C)cc(C)c2c1. The van der Waals surface area contributed by atoms with Crippen LogP contribution in [0, 0.1) is 48.5 Å². The van der Waals surface area contributed by atoms with Crippen molar-refractivity contribution in [3.8, 4) is 11.6 Å². The number of amides is 1. The first-order valence-corrected chi connectivity index (χ1v) is 11.1. The smallest absolute Gasteiger partial charge is 0.263 e. The summed E-state index contributed by atoms with van der Waals surface area (Å²) in [6.07, 6.45) is 0. The summed E-state index contributed by atoms with van der Waals surface area (Å²) in [4.78, 5) is 17.6. The van der Waals surface area contributed by atoms with Crippen molar-refractivity contribution in [1.82, 2.24) is 14.8 Å². The number of ether oxygens (including phenoxy) is 1. The molecule has 0 spiro atoms.